The third-order valence-corrected chi connectivity index (χ3v) is 6.98. The maximum atomic E-state index is 5.90. The minimum Gasteiger partial charge on any atom is -0.491 e. The summed E-state index contributed by atoms with van der Waals surface area (Å²) >= 11 is 5.90. The summed E-state index contributed by atoms with van der Waals surface area (Å²) in [5.74, 6) is 0.871. The molecule has 172 valence electrons. The Bertz CT molecular complexity index is 1070. The van der Waals surface area contributed by atoms with Gasteiger partial charge in [-0.2, -0.15) is 0 Å². The van der Waals surface area contributed by atoms with Gasteiger partial charge in [-0.15, -0.1) is 0 Å². The molecule has 1 saturated heterocycles. The Morgan fingerprint density at radius 1 is 1.00 bits per heavy atom. The fourth-order valence-corrected chi connectivity index (χ4v) is 5.59. The van der Waals surface area contributed by atoms with E-state index in [0.717, 1.165) is 22.2 Å². The van der Waals surface area contributed by atoms with Gasteiger partial charge in [0.05, 0.1) is 17.8 Å². The number of pyridine rings is 1. The third-order valence-electron chi connectivity index (χ3n) is 6.67. The molecule has 0 amide bonds. The molecule has 2 aromatic heterocycles. The van der Waals surface area contributed by atoms with Crippen LogP contribution in [0.15, 0.2) is 67.0 Å². The van der Waals surface area contributed by atoms with Gasteiger partial charge in [-0.3, -0.25) is 4.98 Å². The van der Waals surface area contributed by atoms with Gasteiger partial charge >= 0.3 is 0 Å². The zero-order valence-electron chi connectivity index (χ0n) is 19.4. The summed E-state index contributed by atoms with van der Waals surface area (Å²) in [6.45, 7) is 4.08. The van der Waals surface area contributed by atoms with Crippen molar-refractivity contribution in [1.29, 1.82) is 0 Å². The van der Waals surface area contributed by atoms with E-state index in [2.05, 4.69) is 51.3 Å². The van der Waals surface area contributed by atoms with Crippen molar-refractivity contribution in [3.8, 4) is 5.75 Å². The summed E-state index contributed by atoms with van der Waals surface area (Å²) in [5, 5.41) is 4.31. The van der Waals surface area contributed by atoms with Crippen LogP contribution >= 0.6 is 12.2 Å². The Kier molecular flexibility index (Phi) is 6.36. The molecule has 0 radical (unpaired) electrons. The van der Waals surface area contributed by atoms with Crippen molar-refractivity contribution < 1.29 is 4.74 Å². The first-order valence-electron chi connectivity index (χ1n) is 12.1. The Labute approximate surface area is 201 Å². The molecule has 33 heavy (non-hydrogen) atoms. The molecule has 0 spiro atoms. The van der Waals surface area contributed by atoms with Gasteiger partial charge in [0.2, 0.25) is 0 Å². The van der Waals surface area contributed by atoms with Gasteiger partial charge in [-0.1, -0.05) is 25.3 Å². The third kappa shape index (κ3) is 4.49. The van der Waals surface area contributed by atoms with Crippen molar-refractivity contribution in [3.05, 3.63) is 78.4 Å². The first-order chi connectivity index (χ1) is 16.1. The van der Waals surface area contributed by atoms with Crippen LogP contribution in [0.5, 0.6) is 5.75 Å². The molecule has 1 N–H and O–H groups in total. The molecule has 2 unspecified atom stereocenters. The van der Waals surface area contributed by atoms with E-state index in [-0.39, 0.29) is 18.2 Å². The Morgan fingerprint density at radius 2 is 1.79 bits per heavy atom. The van der Waals surface area contributed by atoms with E-state index in [1.807, 2.05) is 44.3 Å². The second-order valence-electron chi connectivity index (χ2n) is 9.29. The van der Waals surface area contributed by atoms with Gasteiger partial charge < -0.3 is 19.5 Å². The van der Waals surface area contributed by atoms with Crippen molar-refractivity contribution in [2.45, 2.75) is 70.2 Å². The highest BCUT2D eigenvalue weighted by molar-refractivity contribution is 7.80. The number of ether oxygens (including phenoxy) is 1. The van der Waals surface area contributed by atoms with Gasteiger partial charge in [0.25, 0.3) is 0 Å². The van der Waals surface area contributed by atoms with Gasteiger partial charge in [0, 0.05) is 29.8 Å². The lowest BCUT2D eigenvalue weighted by Gasteiger charge is -2.32. The molecule has 1 aliphatic heterocycles. The number of thiocarbonyl (C=S) groups is 1. The van der Waals surface area contributed by atoms with Crippen LogP contribution < -0.4 is 15.0 Å². The van der Waals surface area contributed by atoms with Crippen LogP contribution in [-0.4, -0.2) is 20.8 Å². The van der Waals surface area contributed by atoms with Crippen LogP contribution in [-0.2, 0) is 0 Å². The number of hydrogen-bond donors (Lipinski definition) is 1. The second kappa shape index (κ2) is 9.56. The molecule has 1 aliphatic carbocycles. The van der Waals surface area contributed by atoms with Crippen molar-refractivity contribution in [3.63, 3.8) is 0 Å². The fraction of sp³-hybridized carbons (Fsp3) is 0.407. The number of aromatic nitrogens is 2. The molecule has 1 aromatic carbocycles. The molecule has 5 nitrogen and oxygen atoms in total. The average Bonchev–Trinajstić information content (AvgIpc) is 3.45. The number of hydrogen-bond acceptors (Lipinski definition) is 3. The van der Waals surface area contributed by atoms with Gasteiger partial charge in [-0.05, 0) is 87.4 Å². The molecule has 0 bridgehead atoms. The molecule has 1 saturated carbocycles. The van der Waals surface area contributed by atoms with Crippen LogP contribution in [0.4, 0.5) is 5.69 Å². The highest BCUT2D eigenvalue weighted by atomic mass is 32.1. The summed E-state index contributed by atoms with van der Waals surface area (Å²) in [6.07, 6.45) is 10.7. The Balaban J connectivity index is 1.55. The van der Waals surface area contributed by atoms with Gasteiger partial charge in [0.15, 0.2) is 5.11 Å². The maximum absolute atomic E-state index is 5.90. The predicted molar refractivity (Wildman–Crippen MR) is 137 cm³/mol. The summed E-state index contributed by atoms with van der Waals surface area (Å²) in [7, 11) is 0. The van der Waals surface area contributed by atoms with Gasteiger partial charge in [0.1, 0.15) is 11.8 Å². The van der Waals surface area contributed by atoms with Crippen LogP contribution in [0.1, 0.15) is 75.5 Å². The number of benzene rings is 1. The minimum atomic E-state index is -0.0254. The van der Waals surface area contributed by atoms with Crippen LogP contribution in [0.3, 0.4) is 0 Å². The normalized spacial score (nSPS) is 21.4. The molecule has 2 atom stereocenters. The number of anilines is 1. The lowest BCUT2D eigenvalue weighted by atomic mass is 9.94. The van der Waals surface area contributed by atoms with E-state index >= 15 is 0 Å². The Morgan fingerprint density at radius 3 is 2.48 bits per heavy atom. The minimum absolute atomic E-state index is 0.0150. The van der Waals surface area contributed by atoms with Crippen LogP contribution in [0.2, 0.25) is 0 Å². The predicted octanol–water partition coefficient (Wildman–Crippen LogP) is 6.35. The number of nitrogens with zero attached hydrogens (tertiary/aromatic N) is 3. The first-order valence-corrected chi connectivity index (χ1v) is 12.5. The molecular formula is C27H32N4OS. The van der Waals surface area contributed by atoms with E-state index < -0.39 is 0 Å². The number of rotatable bonds is 6. The summed E-state index contributed by atoms with van der Waals surface area (Å²) < 4.78 is 8.36. The van der Waals surface area contributed by atoms with Crippen molar-refractivity contribution in [2.75, 3.05) is 4.90 Å². The zero-order chi connectivity index (χ0) is 22.8. The van der Waals surface area contributed by atoms with Gasteiger partial charge in [-0.25, -0.2) is 0 Å². The zero-order valence-corrected chi connectivity index (χ0v) is 20.2. The summed E-state index contributed by atoms with van der Waals surface area (Å²) in [5.41, 5.74) is 3.35. The smallest absolute Gasteiger partial charge is 0.174 e. The van der Waals surface area contributed by atoms with E-state index in [1.165, 1.54) is 37.8 Å². The quantitative estimate of drug-likeness (QED) is 0.434. The van der Waals surface area contributed by atoms with E-state index in [4.69, 9.17) is 21.9 Å². The summed E-state index contributed by atoms with van der Waals surface area (Å²) in [6, 6.07) is 19.3. The lowest BCUT2D eigenvalue weighted by Crippen LogP contribution is -2.31. The van der Waals surface area contributed by atoms with E-state index in [9.17, 15) is 0 Å². The van der Waals surface area contributed by atoms with Crippen molar-refractivity contribution in [1.82, 2.24) is 14.9 Å². The standard InChI is InChI=1S/C27H32N4OS/c1-19(2)32-22-15-13-21(14-16-22)31-26(25(29-27(31)33)23-11-6-7-17-28-23)24-12-8-18-30(24)20-9-4-3-5-10-20/h6-8,11-20,25-26H,3-5,9-10H2,1-2H3,(H,29,33). The largest absolute Gasteiger partial charge is 0.491 e. The van der Waals surface area contributed by atoms with Crippen LogP contribution in [0.25, 0.3) is 0 Å². The first kappa shape index (κ1) is 22.0. The Hall–Kier alpha value is -2.86. The lowest BCUT2D eigenvalue weighted by molar-refractivity contribution is 0.242. The maximum Gasteiger partial charge on any atom is 0.174 e. The molecule has 6 heteroatoms. The molecular weight excluding hydrogens is 428 g/mol. The molecule has 2 aliphatic rings. The molecule has 3 aromatic rings. The van der Waals surface area contributed by atoms with E-state index in [0.29, 0.717) is 6.04 Å². The fourth-order valence-electron chi connectivity index (χ4n) is 5.24. The SMILES string of the molecule is CC(C)Oc1ccc(N2C(=S)NC(c3ccccn3)C2c2cccn2C2CCCCC2)cc1. The van der Waals surface area contributed by atoms with Crippen molar-refractivity contribution in [2.24, 2.45) is 0 Å². The van der Waals surface area contributed by atoms with Crippen LogP contribution in [0, 0.1) is 0 Å². The summed E-state index contributed by atoms with van der Waals surface area (Å²) in [4.78, 5) is 6.95. The average molecular weight is 461 g/mol. The topological polar surface area (TPSA) is 42.3 Å². The highest BCUT2D eigenvalue weighted by Gasteiger charge is 2.42. The molecule has 3 heterocycles. The highest BCUT2D eigenvalue weighted by Crippen LogP contribution is 2.43. The van der Waals surface area contributed by atoms with E-state index in [1.54, 1.807) is 0 Å². The van der Waals surface area contributed by atoms with Crippen molar-refractivity contribution >= 4 is 23.0 Å². The molecule has 2 fully saturated rings. The monoisotopic (exact) mass is 460 g/mol. The second-order valence-corrected chi connectivity index (χ2v) is 9.68. The molecule has 5 rings (SSSR count). The number of nitrogens with one attached hydrogen (secondary N) is 1.